The lowest BCUT2D eigenvalue weighted by atomic mass is 9.91. The van der Waals surface area contributed by atoms with Gasteiger partial charge in [-0.3, -0.25) is 9.78 Å². The summed E-state index contributed by atoms with van der Waals surface area (Å²) in [7, 11) is 0. The summed E-state index contributed by atoms with van der Waals surface area (Å²) < 4.78 is 19.7. The maximum atomic E-state index is 13.8. The summed E-state index contributed by atoms with van der Waals surface area (Å²) in [6.07, 6.45) is 2.16. The minimum Gasteiger partial charge on any atom is -0.491 e. The van der Waals surface area contributed by atoms with Crippen molar-refractivity contribution in [1.82, 2.24) is 10.3 Å². The molecule has 1 aromatic heterocycles. The molecule has 0 aliphatic rings. The number of nitrogens with zero attached hydrogens (tertiary/aromatic N) is 1. The molecule has 0 radical (unpaired) electrons. The molecule has 0 aliphatic carbocycles. The Hall–Kier alpha value is -2.95. The summed E-state index contributed by atoms with van der Waals surface area (Å²) in [5.41, 5.74) is 0.0991. The van der Waals surface area contributed by atoms with Crippen molar-refractivity contribution in [2.45, 2.75) is 32.7 Å². The lowest BCUT2D eigenvalue weighted by Crippen LogP contribution is -2.51. The molecule has 0 saturated heterocycles. The first-order valence-electron chi connectivity index (χ1n) is 9.41. The monoisotopic (exact) mass is 380 g/mol. The summed E-state index contributed by atoms with van der Waals surface area (Å²) >= 11 is 0. The van der Waals surface area contributed by atoms with Crippen LogP contribution in [0, 0.1) is 11.7 Å². The van der Waals surface area contributed by atoms with Crippen molar-refractivity contribution in [3.63, 3.8) is 0 Å². The van der Waals surface area contributed by atoms with Crippen molar-refractivity contribution in [2.75, 3.05) is 6.61 Å². The normalized spacial score (nSPS) is 13.3. The van der Waals surface area contributed by atoms with Gasteiger partial charge in [-0.1, -0.05) is 44.2 Å². The first-order chi connectivity index (χ1) is 13.4. The molecule has 146 valence electrons. The third-order valence-electron chi connectivity index (χ3n) is 4.50. The van der Waals surface area contributed by atoms with Gasteiger partial charge in [0.1, 0.15) is 23.7 Å². The van der Waals surface area contributed by atoms with Crippen LogP contribution in [0.2, 0.25) is 0 Å². The highest BCUT2D eigenvalue weighted by molar-refractivity contribution is 5.97. The van der Waals surface area contributed by atoms with Crippen molar-refractivity contribution in [2.24, 2.45) is 5.92 Å². The average Bonchev–Trinajstić information content (AvgIpc) is 2.66. The predicted octanol–water partition coefficient (Wildman–Crippen LogP) is 4.99. The highest BCUT2D eigenvalue weighted by Gasteiger charge is 2.29. The van der Waals surface area contributed by atoms with Crippen LogP contribution in [-0.4, -0.2) is 23.0 Å². The van der Waals surface area contributed by atoms with E-state index in [2.05, 4.69) is 24.1 Å². The molecule has 0 aliphatic heterocycles. The summed E-state index contributed by atoms with van der Waals surface area (Å²) in [5.74, 6) is 0.479. The summed E-state index contributed by atoms with van der Waals surface area (Å²) in [6.45, 7) is 6.53. The van der Waals surface area contributed by atoms with Gasteiger partial charge in [0.25, 0.3) is 5.91 Å². The third-order valence-corrected chi connectivity index (χ3v) is 4.50. The molecule has 2 aromatic carbocycles. The number of carbonyl (C=O) groups is 1. The molecule has 1 amide bonds. The van der Waals surface area contributed by atoms with Gasteiger partial charge >= 0.3 is 0 Å². The van der Waals surface area contributed by atoms with Gasteiger partial charge in [0, 0.05) is 11.6 Å². The van der Waals surface area contributed by atoms with E-state index in [1.807, 2.05) is 37.3 Å². The SMILES string of the molecule is CC(C)CC(C)(COc1ccccc1)NC(=O)c1cnc2c(F)cccc2c1. The van der Waals surface area contributed by atoms with Gasteiger partial charge in [0.15, 0.2) is 0 Å². The van der Waals surface area contributed by atoms with Crippen LogP contribution in [0.1, 0.15) is 37.6 Å². The number of ether oxygens (including phenoxy) is 1. The van der Waals surface area contributed by atoms with E-state index >= 15 is 0 Å². The number of hydrogen-bond acceptors (Lipinski definition) is 3. The Kier molecular flexibility index (Phi) is 5.93. The van der Waals surface area contributed by atoms with Gasteiger partial charge < -0.3 is 10.1 Å². The number of hydrogen-bond donors (Lipinski definition) is 1. The third kappa shape index (κ3) is 4.85. The fourth-order valence-electron chi connectivity index (χ4n) is 3.40. The number of para-hydroxylation sites is 2. The fraction of sp³-hybridized carbons (Fsp3) is 0.304. The number of aromatic nitrogens is 1. The molecule has 0 bridgehead atoms. The van der Waals surface area contributed by atoms with Crippen LogP contribution in [0.15, 0.2) is 60.8 Å². The zero-order valence-electron chi connectivity index (χ0n) is 16.4. The van der Waals surface area contributed by atoms with E-state index in [9.17, 15) is 9.18 Å². The van der Waals surface area contributed by atoms with Crippen molar-refractivity contribution < 1.29 is 13.9 Å². The molecular formula is C23H25FN2O2. The number of pyridine rings is 1. The second-order valence-electron chi connectivity index (χ2n) is 7.75. The molecule has 5 heteroatoms. The largest absolute Gasteiger partial charge is 0.491 e. The molecule has 1 N–H and O–H groups in total. The smallest absolute Gasteiger partial charge is 0.253 e. The molecule has 28 heavy (non-hydrogen) atoms. The Morgan fingerprint density at radius 1 is 1.18 bits per heavy atom. The van der Waals surface area contributed by atoms with Crippen LogP contribution in [0.4, 0.5) is 4.39 Å². The molecule has 3 rings (SSSR count). The molecule has 1 unspecified atom stereocenters. The van der Waals surface area contributed by atoms with Crippen molar-refractivity contribution >= 4 is 16.8 Å². The topological polar surface area (TPSA) is 51.2 Å². The van der Waals surface area contributed by atoms with Gasteiger partial charge in [0.05, 0.1) is 11.1 Å². The standard InChI is InChI=1S/C23H25FN2O2/c1-16(2)13-23(3,15-28-19-9-5-4-6-10-19)26-22(27)18-12-17-8-7-11-20(24)21(17)25-14-18/h4-12,14,16H,13,15H2,1-3H3,(H,26,27). The number of nitrogens with one attached hydrogen (secondary N) is 1. The van der Waals surface area contributed by atoms with Crippen LogP contribution >= 0.6 is 0 Å². The first-order valence-corrected chi connectivity index (χ1v) is 9.41. The van der Waals surface area contributed by atoms with Crippen LogP contribution in [0.5, 0.6) is 5.75 Å². The van der Waals surface area contributed by atoms with Crippen LogP contribution in [0.25, 0.3) is 10.9 Å². The predicted molar refractivity (Wildman–Crippen MR) is 109 cm³/mol. The minimum absolute atomic E-state index is 0.251. The number of amides is 1. The molecule has 1 atom stereocenters. The van der Waals surface area contributed by atoms with Crippen LogP contribution in [-0.2, 0) is 0 Å². The van der Waals surface area contributed by atoms with Crippen LogP contribution in [0.3, 0.4) is 0 Å². The molecule has 0 saturated carbocycles. The summed E-state index contributed by atoms with van der Waals surface area (Å²) in [4.78, 5) is 17.0. The number of benzene rings is 2. The van der Waals surface area contributed by atoms with E-state index in [1.165, 1.54) is 12.3 Å². The average molecular weight is 380 g/mol. The summed E-state index contributed by atoms with van der Waals surface area (Å²) in [5, 5.41) is 3.69. The van der Waals surface area contributed by atoms with Gasteiger partial charge in [-0.2, -0.15) is 0 Å². The zero-order valence-corrected chi connectivity index (χ0v) is 16.4. The molecule has 1 heterocycles. The number of fused-ring (bicyclic) bond motifs is 1. The Bertz CT molecular complexity index is 959. The highest BCUT2D eigenvalue weighted by atomic mass is 19.1. The second-order valence-corrected chi connectivity index (χ2v) is 7.75. The van der Waals surface area contributed by atoms with Crippen molar-refractivity contribution in [3.8, 4) is 5.75 Å². The maximum Gasteiger partial charge on any atom is 0.253 e. The molecule has 0 fully saturated rings. The zero-order chi connectivity index (χ0) is 20.1. The molecular weight excluding hydrogens is 355 g/mol. The number of rotatable bonds is 7. The van der Waals surface area contributed by atoms with Crippen molar-refractivity contribution in [1.29, 1.82) is 0 Å². The van der Waals surface area contributed by atoms with E-state index in [0.717, 1.165) is 12.2 Å². The van der Waals surface area contributed by atoms with E-state index < -0.39 is 11.4 Å². The Balaban J connectivity index is 1.78. The van der Waals surface area contributed by atoms with E-state index in [-0.39, 0.29) is 11.4 Å². The number of carbonyl (C=O) groups excluding carboxylic acids is 1. The molecule has 4 nitrogen and oxygen atoms in total. The van der Waals surface area contributed by atoms with E-state index in [1.54, 1.807) is 18.2 Å². The molecule has 3 aromatic rings. The van der Waals surface area contributed by atoms with Gasteiger partial charge in [-0.25, -0.2) is 4.39 Å². The van der Waals surface area contributed by atoms with Gasteiger partial charge in [-0.15, -0.1) is 0 Å². The number of halogens is 1. The van der Waals surface area contributed by atoms with Gasteiger partial charge in [-0.05, 0) is 43.5 Å². The molecule has 0 spiro atoms. The van der Waals surface area contributed by atoms with Crippen LogP contribution < -0.4 is 10.1 Å². The Morgan fingerprint density at radius 2 is 1.93 bits per heavy atom. The minimum atomic E-state index is -0.558. The van der Waals surface area contributed by atoms with E-state index in [0.29, 0.717) is 23.5 Å². The lowest BCUT2D eigenvalue weighted by molar-refractivity contribution is 0.0844. The second kappa shape index (κ2) is 8.38. The highest BCUT2D eigenvalue weighted by Crippen LogP contribution is 2.21. The summed E-state index contributed by atoms with van der Waals surface area (Å²) in [6, 6.07) is 15.9. The fourth-order valence-corrected chi connectivity index (χ4v) is 3.40. The van der Waals surface area contributed by atoms with E-state index in [4.69, 9.17) is 4.74 Å². The quantitative estimate of drug-likeness (QED) is 0.628. The first kappa shape index (κ1) is 19.8. The lowest BCUT2D eigenvalue weighted by Gasteiger charge is -2.32. The van der Waals surface area contributed by atoms with Crippen molar-refractivity contribution in [3.05, 3.63) is 72.2 Å². The Labute approximate surface area is 164 Å². The Morgan fingerprint density at radius 3 is 2.64 bits per heavy atom. The maximum absolute atomic E-state index is 13.8. The van der Waals surface area contributed by atoms with Gasteiger partial charge in [0.2, 0.25) is 0 Å².